The van der Waals surface area contributed by atoms with Crippen LogP contribution in [0.5, 0.6) is 92.0 Å². The maximum atomic E-state index is 14.1. The molecule has 0 saturated carbocycles. The number of carbonyl (C=O) groups excluding carboxylic acids is 2. The number of hydrogen-bond acceptors (Lipinski definition) is 20. The lowest BCUT2D eigenvalue weighted by Gasteiger charge is -2.42. The Bertz CT molecular complexity index is 2860. The molecule has 0 aliphatic carbocycles. The number of phenols is 14. The summed E-state index contributed by atoms with van der Waals surface area (Å²) in [4.78, 5) is 27.6. The summed E-state index contributed by atoms with van der Waals surface area (Å²) in [5.41, 5.74) is -1.85. The highest BCUT2D eigenvalue weighted by molar-refractivity contribution is 5.92. The van der Waals surface area contributed by atoms with E-state index in [1.807, 2.05) is 0 Å². The molecule has 6 aromatic rings. The van der Waals surface area contributed by atoms with E-state index in [0.29, 0.717) is 0 Å². The number of benzene rings is 6. The third-order valence-electron chi connectivity index (χ3n) is 10.7. The van der Waals surface area contributed by atoms with Crippen molar-refractivity contribution < 1.29 is 100 Å². The number of hydrogen-bond donors (Lipinski definition) is 14. The van der Waals surface area contributed by atoms with Gasteiger partial charge in [0, 0.05) is 52.4 Å². The van der Waals surface area contributed by atoms with Crippen molar-refractivity contribution in [3.8, 4) is 92.0 Å². The monoisotopic (exact) mass is 882 g/mol. The van der Waals surface area contributed by atoms with Crippen molar-refractivity contribution in [2.75, 3.05) is 0 Å². The molecule has 20 nitrogen and oxygen atoms in total. The molecule has 0 aromatic heterocycles. The highest BCUT2D eigenvalue weighted by Gasteiger charge is 2.49. The Morgan fingerprint density at radius 3 is 1.50 bits per heavy atom. The van der Waals surface area contributed by atoms with Gasteiger partial charge in [-0.15, -0.1) is 0 Å². The number of phenolic OH excluding ortho intramolecular Hbond substituents is 14. The molecule has 20 heteroatoms. The van der Waals surface area contributed by atoms with Gasteiger partial charge in [0.15, 0.2) is 75.8 Å². The zero-order valence-corrected chi connectivity index (χ0v) is 32.3. The average molecular weight is 883 g/mol. The standard InChI is InChI=1S/C44H34O20/c45-19-11-26(51)34-32(12-19)61-40(16-2-4-22(47)25(50)6-16)42(64-44(60)18-9-30(55)38(58)31(56)10-18)36(34)35-27(52)14-23(48)20-13-33(62-43(59)17-7-28(53)37(57)29(54)8-17)39(63-41(20)35)15-1-3-21(46)24(49)5-15/h1-12,14,33,36,39-40,42,45-58H,13H2/t33-,36-,39-,40-,42-/m0/s1. The number of rotatable bonds is 7. The maximum absolute atomic E-state index is 14.1. The Kier molecular flexibility index (Phi) is 10.1. The second-order valence-corrected chi connectivity index (χ2v) is 14.8. The molecule has 8 rings (SSSR count). The molecule has 0 unspecified atom stereocenters. The van der Waals surface area contributed by atoms with Crippen molar-refractivity contribution in [2.24, 2.45) is 0 Å². The molecular weight excluding hydrogens is 848 g/mol. The lowest BCUT2D eigenvalue weighted by Crippen LogP contribution is -2.40. The SMILES string of the molecule is O=C(O[C@H]1[C@H](c2c(O)cc(O)c3c2O[C@@H](c2ccc(O)c(O)c2)[C@@H](OC(=O)c2cc(O)c(O)c(O)c2)C3)c2c(O)cc(O)cc2O[C@H]1c1ccc(O)c(O)c1)c1cc(O)c(O)c(O)c1. The van der Waals surface area contributed by atoms with Crippen LogP contribution in [-0.4, -0.2) is 95.6 Å². The first-order valence-corrected chi connectivity index (χ1v) is 18.7. The van der Waals surface area contributed by atoms with Crippen molar-refractivity contribution in [3.05, 3.63) is 118 Å². The van der Waals surface area contributed by atoms with Gasteiger partial charge in [0.25, 0.3) is 0 Å². The highest BCUT2D eigenvalue weighted by atomic mass is 16.6. The van der Waals surface area contributed by atoms with Gasteiger partial charge in [-0.1, -0.05) is 12.1 Å². The molecule has 0 fully saturated rings. The van der Waals surface area contributed by atoms with Gasteiger partial charge in [0.2, 0.25) is 0 Å². The van der Waals surface area contributed by atoms with Crippen LogP contribution >= 0.6 is 0 Å². The molecule has 6 aromatic carbocycles. The van der Waals surface area contributed by atoms with Crippen LogP contribution in [0, 0.1) is 0 Å². The van der Waals surface area contributed by atoms with E-state index in [1.54, 1.807) is 0 Å². The molecule has 0 amide bonds. The second kappa shape index (κ2) is 15.5. The number of carbonyl (C=O) groups is 2. The Labute approximate surface area is 358 Å². The van der Waals surface area contributed by atoms with Crippen LogP contribution in [0.3, 0.4) is 0 Å². The van der Waals surface area contributed by atoms with Crippen LogP contribution in [0.15, 0.2) is 78.9 Å². The largest absolute Gasteiger partial charge is 0.508 e. The summed E-state index contributed by atoms with van der Waals surface area (Å²) < 4.78 is 24.6. The minimum absolute atomic E-state index is 0.0106. The lowest BCUT2D eigenvalue weighted by molar-refractivity contribution is -0.0303. The summed E-state index contributed by atoms with van der Waals surface area (Å²) in [6.07, 6.45) is -6.98. The summed E-state index contributed by atoms with van der Waals surface area (Å²) in [5.74, 6) is -15.6. The van der Waals surface area contributed by atoms with Crippen molar-refractivity contribution in [1.29, 1.82) is 0 Å². The molecule has 2 aliphatic rings. The van der Waals surface area contributed by atoms with Gasteiger partial charge in [-0.2, -0.15) is 0 Å². The van der Waals surface area contributed by atoms with Gasteiger partial charge in [-0.25, -0.2) is 9.59 Å². The summed E-state index contributed by atoms with van der Waals surface area (Å²) in [6.45, 7) is 0. The van der Waals surface area contributed by atoms with E-state index in [9.17, 15) is 81.1 Å². The molecule has 14 N–H and O–H groups in total. The second-order valence-electron chi connectivity index (χ2n) is 14.8. The number of esters is 2. The van der Waals surface area contributed by atoms with Crippen molar-refractivity contribution >= 4 is 11.9 Å². The average Bonchev–Trinajstić information content (AvgIpc) is 3.23. The van der Waals surface area contributed by atoms with Gasteiger partial charge in [0.1, 0.15) is 40.6 Å². The first-order chi connectivity index (χ1) is 30.3. The minimum Gasteiger partial charge on any atom is -0.508 e. The summed E-state index contributed by atoms with van der Waals surface area (Å²) in [5, 5.41) is 147. The molecule has 64 heavy (non-hydrogen) atoms. The van der Waals surface area contributed by atoms with E-state index in [2.05, 4.69) is 0 Å². The zero-order valence-electron chi connectivity index (χ0n) is 32.3. The molecule has 2 heterocycles. The van der Waals surface area contributed by atoms with E-state index >= 15 is 0 Å². The highest BCUT2D eigenvalue weighted by Crippen LogP contribution is 2.58. The summed E-state index contributed by atoms with van der Waals surface area (Å²) >= 11 is 0. The third kappa shape index (κ3) is 7.23. The van der Waals surface area contributed by atoms with Crippen LogP contribution in [0.4, 0.5) is 0 Å². The maximum Gasteiger partial charge on any atom is 0.338 e. The molecule has 0 radical (unpaired) electrons. The molecule has 5 atom stereocenters. The van der Waals surface area contributed by atoms with Crippen LogP contribution in [0.1, 0.15) is 66.7 Å². The van der Waals surface area contributed by atoms with Gasteiger partial charge in [-0.05, 0) is 48.5 Å². The van der Waals surface area contributed by atoms with E-state index in [0.717, 1.165) is 66.7 Å². The molecule has 0 spiro atoms. The Balaban J connectivity index is 1.34. The van der Waals surface area contributed by atoms with Crippen molar-refractivity contribution in [3.63, 3.8) is 0 Å². The normalized spacial score (nSPS) is 18.7. The van der Waals surface area contributed by atoms with E-state index < -0.39 is 146 Å². The molecule has 2 aliphatic heterocycles. The van der Waals surface area contributed by atoms with Crippen molar-refractivity contribution in [1.82, 2.24) is 0 Å². The van der Waals surface area contributed by atoms with Gasteiger partial charge >= 0.3 is 11.9 Å². The van der Waals surface area contributed by atoms with Crippen LogP contribution in [0.2, 0.25) is 0 Å². The molecule has 0 saturated heterocycles. The third-order valence-corrected chi connectivity index (χ3v) is 10.7. The molecule has 0 bridgehead atoms. The van der Waals surface area contributed by atoms with Crippen LogP contribution in [-0.2, 0) is 15.9 Å². The predicted molar refractivity (Wildman–Crippen MR) is 213 cm³/mol. The first-order valence-electron chi connectivity index (χ1n) is 18.7. The molecular formula is C44H34O20. The topological polar surface area (TPSA) is 354 Å². The van der Waals surface area contributed by atoms with Crippen molar-refractivity contribution in [2.45, 2.75) is 36.8 Å². The Hall–Kier alpha value is -8.94. The number of fused-ring (bicyclic) bond motifs is 2. The van der Waals surface area contributed by atoms with E-state index in [1.165, 1.54) is 12.1 Å². The van der Waals surface area contributed by atoms with Gasteiger partial charge < -0.3 is 90.4 Å². The van der Waals surface area contributed by atoms with E-state index in [-0.39, 0.29) is 33.6 Å². The lowest BCUT2D eigenvalue weighted by atomic mass is 9.77. The minimum atomic E-state index is -1.85. The Morgan fingerprint density at radius 2 is 0.969 bits per heavy atom. The van der Waals surface area contributed by atoms with Crippen LogP contribution < -0.4 is 9.47 Å². The van der Waals surface area contributed by atoms with Gasteiger partial charge in [-0.3, -0.25) is 0 Å². The first kappa shape index (κ1) is 41.8. The number of ether oxygens (including phenoxy) is 4. The summed E-state index contributed by atoms with van der Waals surface area (Å²) in [7, 11) is 0. The zero-order chi connectivity index (χ0) is 46.0. The van der Waals surface area contributed by atoms with Gasteiger partial charge in [0.05, 0.1) is 17.0 Å². The fourth-order valence-corrected chi connectivity index (χ4v) is 7.74. The smallest absolute Gasteiger partial charge is 0.338 e. The van der Waals surface area contributed by atoms with Crippen LogP contribution in [0.25, 0.3) is 0 Å². The Morgan fingerprint density at radius 1 is 0.469 bits per heavy atom. The number of aromatic hydroxyl groups is 14. The van der Waals surface area contributed by atoms with E-state index in [4.69, 9.17) is 18.9 Å². The quantitative estimate of drug-likeness (QED) is 0.0744. The summed E-state index contributed by atoms with van der Waals surface area (Å²) in [6, 6.07) is 12.6. The predicted octanol–water partition coefficient (Wildman–Crippen LogP) is 4.96. The fraction of sp³-hybridized carbons (Fsp3) is 0.136. The molecule has 330 valence electrons. The fourth-order valence-electron chi connectivity index (χ4n) is 7.74.